The van der Waals surface area contributed by atoms with Crippen LogP contribution in [0.3, 0.4) is 0 Å². The van der Waals surface area contributed by atoms with Crippen molar-refractivity contribution >= 4 is 17.7 Å². The summed E-state index contributed by atoms with van der Waals surface area (Å²) in [6, 6.07) is 4.92. The van der Waals surface area contributed by atoms with Crippen LogP contribution in [0.25, 0.3) is 0 Å². The van der Waals surface area contributed by atoms with Gasteiger partial charge in [0, 0.05) is 31.6 Å². The Morgan fingerprint density at radius 1 is 1.24 bits per heavy atom. The largest absolute Gasteiger partial charge is 0.492 e. The number of imide groups is 1. The number of piperidine rings is 2. The van der Waals surface area contributed by atoms with Crippen LogP contribution < -0.4 is 10.1 Å². The first-order valence-electron chi connectivity index (χ1n) is 10.5. The van der Waals surface area contributed by atoms with Crippen LogP contribution in [0.2, 0.25) is 0 Å². The summed E-state index contributed by atoms with van der Waals surface area (Å²) in [4.78, 5) is 40.3. The Balaban J connectivity index is 1.35. The van der Waals surface area contributed by atoms with Crippen molar-refractivity contribution in [3.8, 4) is 5.75 Å². The van der Waals surface area contributed by atoms with Gasteiger partial charge in [-0.3, -0.25) is 24.6 Å². The summed E-state index contributed by atoms with van der Waals surface area (Å²) in [7, 11) is 0. The lowest BCUT2D eigenvalue weighted by molar-refractivity contribution is -0.136. The Hall–Kier alpha value is -2.41. The maximum absolute atomic E-state index is 12.7. The molecule has 7 nitrogen and oxygen atoms in total. The molecule has 3 amide bonds. The molecule has 156 valence electrons. The lowest BCUT2D eigenvalue weighted by Gasteiger charge is -2.37. The smallest absolute Gasteiger partial charge is 0.255 e. The second kappa shape index (κ2) is 7.78. The van der Waals surface area contributed by atoms with Gasteiger partial charge >= 0.3 is 0 Å². The number of rotatable bonds is 5. The average Bonchev–Trinajstić information content (AvgIpc) is 2.97. The minimum Gasteiger partial charge on any atom is -0.492 e. The molecule has 2 saturated heterocycles. The van der Waals surface area contributed by atoms with E-state index in [0.717, 1.165) is 30.9 Å². The van der Waals surface area contributed by atoms with E-state index >= 15 is 0 Å². The zero-order chi connectivity index (χ0) is 20.6. The predicted octanol–water partition coefficient (Wildman–Crippen LogP) is 1.95. The van der Waals surface area contributed by atoms with Crippen molar-refractivity contribution in [2.45, 2.75) is 52.1 Å². The molecule has 0 radical (unpaired) electrons. The van der Waals surface area contributed by atoms with Crippen molar-refractivity contribution in [2.75, 3.05) is 26.2 Å². The third-order valence-electron chi connectivity index (χ3n) is 6.15. The first-order valence-corrected chi connectivity index (χ1v) is 10.5. The average molecular weight is 399 g/mol. The molecule has 0 spiro atoms. The quantitative estimate of drug-likeness (QED) is 0.766. The molecule has 3 aliphatic heterocycles. The third kappa shape index (κ3) is 4.29. The van der Waals surface area contributed by atoms with E-state index in [2.05, 4.69) is 24.1 Å². The normalized spacial score (nSPS) is 24.4. The molecule has 0 saturated carbocycles. The number of benzene rings is 1. The van der Waals surface area contributed by atoms with Crippen LogP contribution >= 0.6 is 0 Å². The molecule has 0 aromatic heterocycles. The molecule has 4 rings (SSSR count). The van der Waals surface area contributed by atoms with E-state index in [0.29, 0.717) is 30.6 Å². The summed E-state index contributed by atoms with van der Waals surface area (Å²) in [5, 5.41) is 2.33. The molecular weight excluding hydrogens is 370 g/mol. The molecule has 3 heterocycles. The van der Waals surface area contributed by atoms with Crippen molar-refractivity contribution in [3.63, 3.8) is 0 Å². The standard InChI is InChI=1S/C22H29N3O4/c1-22(2)8-3-9-24(14-22)10-11-29-16-4-5-17-15(12-16)13-25(21(17)28)18-6-7-19(26)23-20(18)27/h4-5,12,18H,3,6-11,13-14H2,1-2H3,(H,23,26,27). The van der Waals surface area contributed by atoms with E-state index in [1.54, 1.807) is 11.0 Å². The minimum absolute atomic E-state index is 0.156. The van der Waals surface area contributed by atoms with E-state index < -0.39 is 6.04 Å². The molecular formula is C22H29N3O4. The van der Waals surface area contributed by atoms with Crippen LogP contribution in [-0.4, -0.2) is 59.8 Å². The molecule has 29 heavy (non-hydrogen) atoms. The second-order valence-electron chi connectivity index (χ2n) is 9.11. The molecule has 1 atom stereocenters. The van der Waals surface area contributed by atoms with Crippen molar-refractivity contribution in [1.82, 2.24) is 15.1 Å². The lowest BCUT2D eigenvalue weighted by atomic mass is 9.84. The number of hydrogen-bond acceptors (Lipinski definition) is 5. The highest BCUT2D eigenvalue weighted by atomic mass is 16.5. The Morgan fingerprint density at radius 2 is 2.07 bits per heavy atom. The molecule has 1 N–H and O–H groups in total. The van der Waals surface area contributed by atoms with Crippen LogP contribution in [0.15, 0.2) is 18.2 Å². The summed E-state index contributed by atoms with van der Waals surface area (Å²) in [5.41, 5.74) is 1.85. The monoisotopic (exact) mass is 399 g/mol. The van der Waals surface area contributed by atoms with Gasteiger partial charge in [-0.1, -0.05) is 13.8 Å². The van der Waals surface area contributed by atoms with Crippen LogP contribution in [0.4, 0.5) is 0 Å². The van der Waals surface area contributed by atoms with Crippen molar-refractivity contribution in [3.05, 3.63) is 29.3 Å². The Kier molecular flexibility index (Phi) is 5.34. The van der Waals surface area contributed by atoms with E-state index in [1.165, 1.54) is 12.8 Å². The fourth-order valence-corrected chi connectivity index (χ4v) is 4.67. The first-order chi connectivity index (χ1) is 13.8. The third-order valence-corrected chi connectivity index (χ3v) is 6.15. The van der Waals surface area contributed by atoms with Gasteiger partial charge in [-0.2, -0.15) is 0 Å². The zero-order valence-corrected chi connectivity index (χ0v) is 17.2. The molecule has 0 aliphatic carbocycles. The summed E-state index contributed by atoms with van der Waals surface area (Å²) < 4.78 is 5.96. The molecule has 3 aliphatic rings. The molecule has 1 aromatic rings. The number of carbonyl (C=O) groups excluding carboxylic acids is 3. The van der Waals surface area contributed by atoms with Crippen LogP contribution in [0.5, 0.6) is 5.75 Å². The Morgan fingerprint density at radius 3 is 2.83 bits per heavy atom. The predicted molar refractivity (Wildman–Crippen MR) is 107 cm³/mol. The summed E-state index contributed by atoms with van der Waals surface area (Å²) in [5.74, 6) is -0.0685. The van der Waals surface area contributed by atoms with Gasteiger partial charge in [-0.25, -0.2) is 0 Å². The fraction of sp³-hybridized carbons (Fsp3) is 0.591. The number of likely N-dealkylation sites (tertiary alicyclic amines) is 1. The molecule has 1 aromatic carbocycles. The topological polar surface area (TPSA) is 79.0 Å². The fourth-order valence-electron chi connectivity index (χ4n) is 4.67. The molecule has 0 bridgehead atoms. The molecule has 2 fully saturated rings. The number of hydrogen-bond donors (Lipinski definition) is 1. The molecule has 1 unspecified atom stereocenters. The van der Waals surface area contributed by atoms with Gasteiger partial charge in [0.1, 0.15) is 18.4 Å². The van der Waals surface area contributed by atoms with Crippen LogP contribution in [-0.2, 0) is 16.1 Å². The van der Waals surface area contributed by atoms with Gasteiger partial charge < -0.3 is 9.64 Å². The molecule has 7 heteroatoms. The van der Waals surface area contributed by atoms with E-state index in [4.69, 9.17) is 4.74 Å². The zero-order valence-electron chi connectivity index (χ0n) is 17.2. The highest BCUT2D eigenvalue weighted by Gasteiger charge is 2.39. The van der Waals surface area contributed by atoms with Crippen molar-refractivity contribution in [1.29, 1.82) is 0 Å². The van der Waals surface area contributed by atoms with Gasteiger partial charge in [0.15, 0.2) is 0 Å². The van der Waals surface area contributed by atoms with Gasteiger partial charge in [0.25, 0.3) is 5.91 Å². The van der Waals surface area contributed by atoms with Crippen LogP contribution in [0, 0.1) is 5.41 Å². The Labute approximate surface area is 171 Å². The lowest BCUT2D eigenvalue weighted by Crippen LogP contribution is -2.52. The van der Waals surface area contributed by atoms with Gasteiger partial charge in [0.05, 0.1) is 0 Å². The number of fused-ring (bicyclic) bond motifs is 1. The summed E-state index contributed by atoms with van der Waals surface area (Å²) >= 11 is 0. The summed E-state index contributed by atoms with van der Waals surface area (Å²) in [6.07, 6.45) is 3.13. The number of ether oxygens (including phenoxy) is 1. The minimum atomic E-state index is -0.584. The maximum atomic E-state index is 12.7. The summed E-state index contributed by atoms with van der Waals surface area (Å²) in [6.45, 7) is 8.71. The Bertz CT molecular complexity index is 835. The highest BCUT2D eigenvalue weighted by Crippen LogP contribution is 2.31. The number of carbonyl (C=O) groups is 3. The van der Waals surface area contributed by atoms with Crippen molar-refractivity contribution in [2.24, 2.45) is 5.41 Å². The SMILES string of the molecule is CC1(C)CCCN(CCOc2ccc3c(c2)CN(C2CCC(=O)NC2=O)C3=O)C1. The maximum Gasteiger partial charge on any atom is 0.255 e. The van der Waals surface area contributed by atoms with Crippen molar-refractivity contribution < 1.29 is 19.1 Å². The van der Waals surface area contributed by atoms with E-state index in [-0.39, 0.29) is 24.1 Å². The first kappa shape index (κ1) is 19.9. The number of amides is 3. The van der Waals surface area contributed by atoms with E-state index in [1.807, 2.05) is 12.1 Å². The van der Waals surface area contributed by atoms with E-state index in [9.17, 15) is 14.4 Å². The van der Waals surface area contributed by atoms with Gasteiger partial charge in [-0.15, -0.1) is 0 Å². The number of nitrogens with zero attached hydrogens (tertiary/aromatic N) is 2. The van der Waals surface area contributed by atoms with Gasteiger partial charge in [-0.05, 0) is 55.0 Å². The second-order valence-corrected chi connectivity index (χ2v) is 9.11. The highest BCUT2D eigenvalue weighted by molar-refractivity contribution is 6.05. The van der Waals surface area contributed by atoms with Gasteiger partial charge in [0.2, 0.25) is 11.8 Å². The number of nitrogens with one attached hydrogen (secondary N) is 1. The van der Waals surface area contributed by atoms with Crippen LogP contribution in [0.1, 0.15) is 55.5 Å².